The molecule has 156 valence electrons. The van der Waals surface area contributed by atoms with Crippen molar-refractivity contribution in [2.45, 2.75) is 45.3 Å². The van der Waals surface area contributed by atoms with Crippen LogP contribution in [0.2, 0.25) is 0 Å². The van der Waals surface area contributed by atoms with Crippen LogP contribution in [0.1, 0.15) is 39.2 Å². The molecule has 30 heavy (non-hydrogen) atoms. The molecule has 0 bridgehead atoms. The van der Waals surface area contributed by atoms with E-state index in [1.807, 2.05) is 54.7 Å². The minimum absolute atomic E-state index is 0.446. The fourth-order valence-electron chi connectivity index (χ4n) is 3.24. The molecule has 1 heterocycles. The van der Waals surface area contributed by atoms with E-state index < -0.39 is 29.6 Å². The van der Waals surface area contributed by atoms with Crippen LogP contribution in [0.5, 0.6) is 0 Å². The Kier molecular flexibility index (Phi) is 6.06. The van der Waals surface area contributed by atoms with Crippen LogP contribution in [0, 0.1) is 0 Å². The number of nitrogens with one attached hydrogen (secondary N) is 1. The van der Waals surface area contributed by atoms with E-state index in [9.17, 15) is 14.7 Å². The number of benzene rings is 2. The molecule has 0 saturated heterocycles. The van der Waals surface area contributed by atoms with Crippen molar-refractivity contribution >= 4 is 23.0 Å². The summed E-state index contributed by atoms with van der Waals surface area (Å²) in [6.07, 6.45) is 1.07. The van der Waals surface area contributed by atoms with Crippen molar-refractivity contribution in [1.82, 2.24) is 10.3 Å². The summed E-state index contributed by atoms with van der Waals surface area (Å²) in [6.45, 7) is 6.95. The van der Waals surface area contributed by atoms with E-state index in [4.69, 9.17) is 4.74 Å². The molecule has 0 aliphatic heterocycles. The minimum Gasteiger partial charge on any atom is -0.480 e. The van der Waals surface area contributed by atoms with Crippen LogP contribution >= 0.6 is 0 Å². The Balaban J connectivity index is 1.79. The summed E-state index contributed by atoms with van der Waals surface area (Å²) < 4.78 is 5.20. The van der Waals surface area contributed by atoms with Gasteiger partial charge in [0.1, 0.15) is 11.6 Å². The molecule has 0 aliphatic rings. The van der Waals surface area contributed by atoms with Gasteiger partial charge in [0.05, 0.1) is 5.52 Å². The lowest BCUT2D eigenvalue weighted by atomic mass is 9.92. The number of carboxylic acids is 1. The number of carboxylic acid groups (broad SMARTS) is 1. The Bertz CT molecular complexity index is 1050. The van der Waals surface area contributed by atoms with E-state index in [2.05, 4.69) is 16.4 Å². The third-order valence-corrected chi connectivity index (χ3v) is 4.80. The second-order valence-electron chi connectivity index (χ2n) is 8.29. The summed E-state index contributed by atoms with van der Waals surface area (Å²) in [7, 11) is 0. The molecule has 0 radical (unpaired) electrons. The highest BCUT2D eigenvalue weighted by atomic mass is 16.6. The Hall–Kier alpha value is -3.41. The zero-order valence-corrected chi connectivity index (χ0v) is 17.5. The summed E-state index contributed by atoms with van der Waals surface area (Å²) in [5.74, 6) is -1.56. The maximum absolute atomic E-state index is 12.1. The van der Waals surface area contributed by atoms with Crippen molar-refractivity contribution in [3.63, 3.8) is 0 Å². The lowest BCUT2D eigenvalue weighted by Crippen LogP contribution is -2.46. The molecule has 1 aromatic heterocycles. The monoisotopic (exact) mass is 406 g/mol. The number of fused-ring (bicyclic) bond motifs is 1. The highest BCUT2D eigenvalue weighted by molar-refractivity contribution is 5.83. The number of aliphatic carboxylic acids is 1. The van der Waals surface area contributed by atoms with Gasteiger partial charge in [0, 0.05) is 23.1 Å². The van der Waals surface area contributed by atoms with E-state index in [0.717, 1.165) is 27.6 Å². The van der Waals surface area contributed by atoms with Crippen LogP contribution < -0.4 is 5.32 Å². The standard InChI is InChI=1S/C24H26N2O4/c1-15(21(22(27)28)26-23(29)30-24(2,3)4)16-9-11-17(12-10-16)19-13-18-7-5-6-8-20(18)25-14-19/h5-15,21H,1-4H3,(H,26,29)(H,27,28)/t15?,21-/m0/s1. The van der Waals surface area contributed by atoms with Crippen LogP contribution in [-0.2, 0) is 9.53 Å². The number of nitrogens with zero attached hydrogens (tertiary/aromatic N) is 1. The van der Waals surface area contributed by atoms with Gasteiger partial charge in [-0.3, -0.25) is 4.98 Å². The van der Waals surface area contributed by atoms with Crippen molar-refractivity contribution < 1.29 is 19.4 Å². The van der Waals surface area contributed by atoms with Gasteiger partial charge in [-0.15, -0.1) is 0 Å². The first-order chi connectivity index (χ1) is 14.1. The molecule has 1 amide bonds. The largest absolute Gasteiger partial charge is 0.480 e. The normalized spacial score (nSPS) is 13.5. The Morgan fingerprint density at radius 1 is 1.03 bits per heavy atom. The Labute approximate surface area is 175 Å². The molecule has 6 nitrogen and oxygen atoms in total. The average molecular weight is 406 g/mol. The number of pyridine rings is 1. The van der Waals surface area contributed by atoms with E-state index in [1.54, 1.807) is 27.7 Å². The number of aromatic nitrogens is 1. The van der Waals surface area contributed by atoms with Gasteiger partial charge >= 0.3 is 12.1 Å². The quantitative estimate of drug-likeness (QED) is 0.624. The van der Waals surface area contributed by atoms with Gasteiger partial charge in [0.2, 0.25) is 0 Å². The molecule has 0 fully saturated rings. The molecule has 2 aromatic carbocycles. The molecule has 2 atom stereocenters. The highest BCUT2D eigenvalue weighted by Gasteiger charge is 2.29. The number of carbonyl (C=O) groups is 2. The third-order valence-electron chi connectivity index (χ3n) is 4.80. The second-order valence-corrected chi connectivity index (χ2v) is 8.29. The molecule has 2 N–H and O–H groups in total. The predicted octanol–water partition coefficient (Wildman–Crippen LogP) is 4.98. The summed E-state index contributed by atoms with van der Waals surface area (Å²) in [6, 6.07) is 16.5. The lowest BCUT2D eigenvalue weighted by Gasteiger charge is -2.25. The fourth-order valence-corrected chi connectivity index (χ4v) is 3.24. The number of amides is 1. The first kappa shape index (κ1) is 21.3. The maximum atomic E-state index is 12.1. The SMILES string of the molecule is CC(c1ccc(-c2cnc3ccccc3c2)cc1)[C@H](NC(=O)OC(C)(C)C)C(=O)O. The molecule has 3 aromatic rings. The van der Waals surface area contributed by atoms with Crippen LogP contribution in [0.15, 0.2) is 60.8 Å². The van der Waals surface area contributed by atoms with Gasteiger partial charge < -0.3 is 15.2 Å². The zero-order valence-electron chi connectivity index (χ0n) is 17.5. The van der Waals surface area contributed by atoms with Gasteiger partial charge in [-0.05, 0) is 44.0 Å². The lowest BCUT2D eigenvalue weighted by molar-refractivity contribution is -0.140. The van der Waals surface area contributed by atoms with Crippen LogP contribution in [0.3, 0.4) is 0 Å². The number of hydrogen-bond acceptors (Lipinski definition) is 4. The van der Waals surface area contributed by atoms with E-state index in [0.29, 0.717) is 0 Å². The summed E-state index contributed by atoms with van der Waals surface area (Å²) in [5.41, 5.74) is 3.00. The van der Waals surface area contributed by atoms with Crippen molar-refractivity contribution in [3.05, 3.63) is 66.4 Å². The number of rotatable bonds is 5. The van der Waals surface area contributed by atoms with Gasteiger partial charge in [-0.25, -0.2) is 9.59 Å². The molecule has 6 heteroatoms. The topological polar surface area (TPSA) is 88.5 Å². The fraction of sp³-hybridized carbons (Fsp3) is 0.292. The zero-order chi connectivity index (χ0) is 21.9. The predicted molar refractivity (Wildman–Crippen MR) is 116 cm³/mol. The minimum atomic E-state index is -1.11. The summed E-state index contributed by atoms with van der Waals surface area (Å²) in [4.78, 5) is 28.3. The van der Waals surface area contributed by atoms with Crippen molar-refractivity contribution in [1.29, 1.82) is 0 Å². The van der Waals surface area contributed by atoms with E-state index >= 15 is 0 Å². The molecule has 3 rings (SSSR count). The summed E-state index contributed by atoms with van der Waals surface area (Å²) >= 11 is 0. The van der Waals surface area contributed by atoms with Crippen LogP contribution in [-0.4, -0.2) is 33.8 Å². The van der Waals surface area contributed by atoms with Crippen LogP contribution in [0.4, 0.5) is 4.79 Å². The van der Waals surface area contributed by atoms with Gasteiger partial charge in [-0.1, -0.05) is 49.4 Å². The summed E-state index contributed by atoms with van der Waals surface area (Å²) in [5, 5.41) is 13.1. The first-order valence-corrected chi connectivity index (χ1v) is 9.81. The molecule has 1 unspecified atom stereocenters. The number of para-hydroxylation sites is 1. The first-order valence-electron chi connectivity index (χ1n) is 9.81. The molecule has 0 aliphatic carbocycles. The number of alkyl carbamates (subject to hydrolysis) is 1. The Morgan fingerprint density at radius 2 is 1.70 bits per heavy atom. The highest BCUT2D eigenvalue weighted by Crippen LogP contribution is 2.26. The van der Waals surface area contributed by atoms with Gasteiger partial charge in [-0.2, -0.15) is 0 Å². The number of carbonyl (C=O) groups excluding carboxylic acids is 1. The third kappa shape index (κ3) is 5.14. The Morgan fingerprint density at radius 3 is 2.33 bits per heavy atom. The molecular formula is C24H26N2O4. The van der Waals surface area contributed by atoms with E-state index in [-0.39, 0.29) is 0 Å². The van der Waals surface area contributed by atoms with Crippen molar-refractivity contribution in [2.75, 3.05) is 0 Å². The van der Waals surface area contributed by atoms with E-state index in [1.165, 1.54) is 0 Å². The maximum Gasteiger partial charge on any atom is 0.408 e. The molecular weight excluding hydrogens is 380 g/mol. The second kappa shape index (κ2) is 8.53. The number of hydrogen-bond donors (Lipinski definition) is 2. The van der Waals surface area contributed by atoms with Gasteiger partial charge in [0.25, 0.3) is 0 Å². The van der Waals surface area contributed by atoms with Crippen molar-refractivity contribution in [3.8, 4) is 11.1 Å². The molecule has 0 saturated carbocycles. The average Bonchev–Trinajstić information content (AvgIpc) is 2.70. The van der Waals surface area contributed by atoms with Crippen molar-refractivity contribution in [2.24, 2.45) is 0 Å². The van der Waals surface area contributed by atoms with Crippen LogP contribution in [0.25, 0.3) is 22.0 Å². The smallest absolute Gasteiger partial charge is 0.408 e. The number of ether oxygens (including phenoxy) is 1. The van der Waals surface area contributed by atoms with Gasteiger partial charge in [0.15, 0.2) is 0 Å². The molecule has 0 spiro atoms.